The monoisotopic (exact) mass is 976 g/mol. The van der Waals surface area contributed by atoms with Crippen LogP contribution in [0.5, 0.6) is 0 Å². The molecule has 2 aliphatic heterocycles. The first kappa shape index (κ1) is 47.8. The van der Waals surface area contributed by atoms with E-state index >= 15 is 0 Å². The molecule has 2 heterocycles. The predicted molar refractivity (Wildman–Crippen MR) is 207 cm³/mol. The molecule has 0 aliphatic carbocycles. The summed E-state index contributed by atoms with van der Waals surface area (Å²) in [4.78, 5) is 80.3. The molecule has 304 valence electrons. The maximum atomic E-state index is 14.0. The van der Waals surface area contributed by atoms with Crippen LogP contribution in [-0.4, -0.2) is 75.1 Å². The van der Waals surface area contributed by atoms with Gasteiger partial charge in [0.15, 0.2) is 0 Å². The third-order valence-electron chi connectivity index (χ3n) is 9.25. The average Bonchev–Trinajstić information content (AvgIpc) is 3.32. The van der Waals surface area contributed by atoms with Crippen molar-refractivity contribution in [3.05, 3.63) is 34.9 Å². The van der Waals surface area contributed by atoms with E-state index in [1.807, 2.05) is 20.8 Å². The molecule has 0 spiro atoms. The first-order valence-electron chi connectivity index (χ1n) is 20.5. The molecule has 2 aliphatic rings. The Morgan fingerprint density at radius 3 is 1.39 bits per heavy atom. The van der Waals surface area contributed by atoms with Gasteiger partial charge in [-0.3, -0.25) is 0 Å². The fraction of sp³-hybridized carbons (Fsp3) is 0.700. The zero-order valence-corrected chi connectivity index (χ0v) is 39.1. The van der Waals surface area contributed by atoms with E-state index in [1.54, 1.807) is 0 Å². The van der Waals surface area contributed by atoms with E-state index in [0.717, 1.165) is 95.3 Å². The molecule has 12 nitrogen and oxygen atoms in total. The zero-order chi connectivity index (χ0) is 39.8. The summed E-state index contributed by atoms with van der Waals surface area (Å²) in [6, 6.07) is 0. The van der Waals surface area contributed by atoms with Crippen LogP contribution in [0.2, 0.25) is 8.87 Å². The molecule has 0 aromatic heterocycles. The van der Waals surface area contributed by atoms with Gasteiger partial charge in [0, 0.05) is 0 Å². The quantitative estimate of drug-likeness (QED) is 0.0437. The van der Waals surface area contributed by atoms with Gasteiger partial charge >= 0.3 is 336 Å². The van der Waals surface area contributed by atoms with Crippen LogP contribution in [0.3, 0.4) is 0 Å². The van der Waals surface area contributed by atoms with Gasteiger partial charge in [0.2, 0.25) is 0 Å². The van der Waals surface area contributed by atoms with E-state index in [4.69, 9.17) is 18.4 Å². The Kier molecular flexibility index (Phi) is 23.4. The van der Waals surface area contributed by atoms with Gasteiger partial charge in [-0.15, -0.1) is 0 Å². The Morgan fingerprint density at radius 2 is 0.944 bits per heavy atom. The molecule has 0 aromatic rings. The molecule has 0 fully saturated rings. The summed E-state index contributed by atoms with van der Waals surface area (Å²) in [5.41, 5.74) is 0.267. The summed E-state index contributed by atoms with van der Waals surface area (Å²) >= 11 is -10.5. The number of carbonyl (C=O) groups is 6. The minimum absolute atomic E-state index is 0.0783. The Balaban J connectivity index is 2.40. The van der Waals surface area contributed by atoms with Crippen LogP contribution >= 0.6 is 0 Å². The van der Waals surface area contributed by atoms with Gasteiger partial charge in [-0.1, -0.05) is 0 Å². The Labute approximate surface area is 333 Å². The number of rotatable bonds is 27. The molecule has 0 bridgehead atoms. The van der Waals surface area contributed by atoms with Gasteiger partial charge in [0.1, 0.15) is 0 Å². The molecule has 2 atom stereocenters. The van der Waals surface area contributed by atoms with Crippen LogP contribution in [0.25, 0.3) is 0 Å². The molecule has 0 aromatic carbocycles. The second kappa shape index (κ2) is 26.5. The van der Waals surface area contributed by atoms with Crippen molar-refractivity contribution in [2.75, 3.05) is 0 Å². The van der Waals surface area contributed by atoms with Crippen molar-refractivity contribution in [2.24, 2.45) is 0 Å². The number of hydrogen-bond acceptors (Lipinski definition) is 12. The van der Waals surface area contributed by atoms with Crippen LogP contribution < -0.4 is 0 Å². The summed E-state index contributed by atoms with van der Waals surface area (Å²) in [5, 5.41) is 0. The maximum absolute atomic E-state index is 14.0. The van der Waals surface area contributed by atoms with Gasteiger partial charge in [-0.05, 0) is 0 Å². The minimum atomic E-state index is -5.28. The molecule has 14 heteroatoms. The molecule has 2 unspecified atom stereocenters. The molecule has 0 saturated carbocycles. The van der Waals surface area contributed by atoms with E-state index in [9.17, 15) is 28.8 Å². The van der Waals surface area contributed by atoms with Gasteiger partial charge in [-0.25, -0.2) is 0 Å². The van der Waals surface area contributed by atoms with Gasteiger partial charge in [-0.2, -0.15) is 0 Å². The van der Waals surface area contributed by atoms with Gasteiger partial charge in [0.05, 0.1) is 0 Å². The molecule has 0 saturated heterocycles. The van der Waals surface area contributed by atoms with Crippen molar-refractivity contribution in [1.29, 1.82) is 0 Å². The molecule has 2 rings (SSSR count). The second-order valence-electron chi connectivity index (χ2n) is 14.2. The third kappa shape index (κ3) is 17.6. The van der Waals surface area contributed by atoms with Crippen LogP contribution in [0.4, 0.5) is 0 Å². The normalized spacial score (nSPS) is 20.4. The molecule has 54 heavy (non-hydrogen) atoms. The predicted octanol–water partition coefficient (Wildman–Crippen LogP) is 9.22. The summed E-state index contributed by atoms with van der Waals surface area (Å²) in [5.74, 6) is -4.97. The second-order valence-corrected chi connectivity index (χ2v) is 28.3. The van der Waals surface area contributed by atoms with Crippen LogP contribution in [0.15, 0.2) is 34.9 Å². The molecule has 0 radical (unpaired) electrons. The average molecular weight is 974 g/mol. The van der Waals surface area contributed by atoms with E-state index in [2.05, 4.69) is 13.8 Å². The van der Waals surface area contributed by atoms with Crippen molar-refractivity contribution in [2.45, 2.75) is 178 Å². The molecular weight excluding hydrogens is 910 g/mol. The topological polar surface area (TPSA) is 158 Å². The Bertz CT molecular complexity index is 1360. The van der Waals surface area contributed by atoms with Gasteiger partial charge in [0.25, 0.3) is 0 Å². The van der Waals surface area contributed by atoms with Gasteiger partial charge < -0.3 is 0 Å². The summed E-state index contributed by atoms with van der Waals surface area (Å²) < 4.78 is 35.4. The fourth-order valence-corrected chi connectivity index (χ4v) is 19.1. The number of carbonyl (C=O) groups excluding carboxylic acids is 6. The number of hydrogen-bond donors (Lipinski definition) is 0. The third-order valence-corrected chi connectivity index (χ3v) is 23.4. The summed E-state index contributed by atoms with van der Waals surface area (Å²) in [7, 11) is 0. The van der Waals surface area contributed by atoms with E-state index in [1.165, 1.54) is 0 Å². The van der Waals surface area contributed by atoms with Crippen molar-refractivity contribution in [3.63, 3.8) is 0 Å². The van der Waals surface area contributed by atoms with Crippen LogP contribution in [0.1, 0.15) is 169 Å². The van der Waals surface area contributed by atoms with Crippen LogP contribution in [0, 0.1) is 0 Å². The summed E-state index contributed by atoms with van der Waals surface area (Å²) in [6.45, 7) is 10.1. The van der Waals surface area contributed by atoms with E-state index < -0.39 is 75.1 Å². The van der Waals surface area contributed by atoms with Crippen LogP contribution in [-0.2, 0) is 47.2 Å². The van der Waals surface area contributed by atoms with Crippen molar-refractivity contribution in [3.8, 4) is 0 Å². The summed E-state index contributed by atoms with van der Waals surface area (Å²) in [6.07, 6.45) is 18.9. The van der Waals surface area contributed by atoms with Crippen molar-refractivity contribution in [1.82, 2.24) is 0 Å². The molecule has 0 N–H and O–H groups in total. The molecule has 0 amide bonds. The SMILES string of the molecule is CCCCCCC[CH2][Sn]1([O]C(=O)/C=C(/CCCC)C(=O)[O][Sn]2([CH2]CCCCCCC)[O]C(=O)C=C(CCCC)C(=O)[O]2)[O]C(=O)C=C(CCCC)C(=O)[O]1. The van der Waals surface area contributed by atoms with Crippen molar-refractivity contribution >= 4 is 75.1 Å². The number of unbranched alkanes of at least 4 members (excludes halogenated alkanes) is 13. The fourth-order valence-electron chi connectivity index (χ4n) is 6.07. The first-order valence-corrected chi connectivity index (χ1v) is 31.5. The Hall–Kier alpha value is -2.36. The zero-order valence-electron chi connectivity index (χ0n) is 33.4. The standard InChI is InChI=1S/3C8H12O4.2C8H17.2Sn/c3*1-2-3-4-6(8(11)12)5-7(9)10;2*1-3-5-7-8-6-4-2;;/h3*5H,2-4H2,1H3,(H,9,10)(H,11,12);2*1,3-8H2,2H3;;/q;;;;;2*+3/p-6/b6-5-;;;;;;. The van der Waals surface area contributed by atoms with E-state index in [-0.39, 0.29) is 32.0 Å². The first-order chi connectivity index (χ1) is 26.0. The van der Waals surface area contributed by atoms with Crippen molar-refractivity contribution < 1.29 is 47.2 Å². The molecular formula is C40H64O12Sn2. The van der Waals surface area contributed by atoms with E-state index in [0.29, 0.717) is 51.4 Å². The Morgan fingerprint density at radius 1 is 0.537 bits per heavy atom.